The minimum Gasteiger partial charge on any atom is -0.492 e. The summed E-state index contributed by atoms with van der Waals surface area (Å²) in [6, 6.07) is 14.0. The van der Waals surface area contributed by atoms with Crippen molar-refractivity contribution < 1.29 is 43.5 Å². The number of rotatable bonds is 21. The van der Waals surface area contributed by atoms with Crippen molar-refractivity contribution in [1.29, 1.82) is 0 Å². The SMILES string of the molecule is Cc1cc(C)c(/C(C(=O)O)=C(\OCc2ccccc2)C2CCC(OCCOCCN3CCN(CCOCCOCC(=O)O)CC3)CC2)c(C)c1. The molecular weight excluding hydrogens is 640 g/mol. The van der Waals surface area contributed by atoms with Crippen LogP contribution in [-0.4, -0.2) is 124 Å². The van der Waals surface area contributed by atoms with Crippen LogP contribution in [0.2, 0.25) is 0 Å². The predicted octanol–water partition coefficient (Wildman–Crippen LogP) is 4.95. The van der Waals surface area contributed by atoms with Crippen molar-refractivity contribution in [3.8, 4) is 0 Å². The van der Waals surface area contributed by atoms with Gasteiger partial charge in [0.2, 0.25) is 0 Å². The van der Waals surface area contributed by atoms with E-state index in [1.807, 2.05) is 63.2 Å². The van der Waals surface area contributed by atoms with Gasteiger partial charge >= 0.3 is 11.9 Å². The standard InChI is InChI=1S/C39H56N2O9/c1-29-25-30(2)36(31(3)26-29)37(39(44)45)38(50-27-32-7-5-4-6-8-32)33-9-11-34(12-10-33)49-24-23-47-20-18-41-15-13-40(14-16-41)17-19-46-21-22-48-28-35(42)43/h4-8,25-26,33-34H,9-24,27-28H2,1-3H3,(H,42,43)(H,44,45)/b38-37+. The number of benzene rings is 2. The maximum Gasteiger partial charge on any atom is 0.339 e. The fraction of sp³-hybridized carbons (Fsp3) is 0.590. The van der Waals surface area contributed by atoms with Gasteiger partial charge in [0.15, 0.2) is 0 Å². The summed E-state index contributed by atoms with van der Waals surface area (Å²) >= 11 is 0. The molecule has 11 nitrogen and oxygen atoms in total. The van der Waals surface area contributed by atoms with Gasteiger partial charge < -0.3 is 33.9 Å². The Labute approximate surface area is 297 Å². The molecule has 1 saturated carbocycles. The van der Waals surface area contributed by atoms with E-state index in [9.17, 15) is 14.7 Å². The van der Waals surface area contributed by atoms with E-state index in [0.717, 1.165) is 92.8 Å². The minimum absolute atomic E-state index is 0.000879. The van der Waals surface area contributed by atoms with Crippen LogP contribution in [0.5, 0.6) is 0 Å². The van der Waals surface area contributed by atoms with Crippen LogP contribution in [0.25, 0.3) is 5.57 Å². The highest BCUT2D eigenvalue weighted by molar-refractivity contribution is 6.17. The molecule has 50 heavy (non-hydrogen) atoms. The summed E-state index contributed by atoms with van der Waals surface area (Å²) in [5.41, 5.74) is 5.04. The molecule has 0 aromatic heterocycles. The number of hydrogen-bond donors (Lipinski definition) is 2. The molecule has 2 fully saturated rings. The van der Waals surface area contributed by atoms with Crippen LogP contribution < -0.4 is 0 Å². The Morgan fingerprint density at radius 3 is 1.86 bits per heavy atom. The smallest absolute Gasteiger partial charge is 0.339 e. The third kappa shape index (κ3) is 13.1. The lowest BCUT2D eigenvalue weighted by Crippen LogP contribution is -2.48. The Bertz CT molecular complexity index is 1340. The molecule has 1 saturated heterocycles. The molecule has 2 aromatic carbocycles. The molecular formula is C39H56N2O9. The maximum absolute atomic E-state index is 12.9. The predicted molar refractivity (Wildman–Crippen MR) is 191 cm³/mol. The minimum atomic E-state index is -0.969. The van der Waals surface area contributed by atoms with Gasteiger partial charge in [-0.15, -0.1) is 0 Å². The first-order valence-electron chi connectivity index (χ1n) is 17.9. The van der Waals surface area contributed by atoms with E-state index >= 15 is 0 Å². The third-order valence-electron chi connectivity index (χ3n) is 9.42. The molecule has 0 unspecified atom stereocenters. The molecule has 1 heterocycles. The number of allylic oxidation sites excluding steroid dienone is 1. The second kappa shape index (κ2) is 21.1. The Kier molecular flexibility index (Phi) is 16.7. The van der Waals surface area contributed by atoms with E-state index in [0.29, 0.717) is 52.0 Å². The van der Waals surface area contributed by atoms with Crippen LogP contribution in [0.15, 0.2) is 48.2 Å². The first-order valence-corrected chi connectivity index (χ1v) is 17.9. The third-order valence-corrected chi connectivity index (χ3v) is 9.42. The molecule has 1 aliphatic heterocycles. The van der Waals surface area contributed by atoms with Crippen molar-refractivity contribution in [2.75, 3.05) is 85.5 Å². The Hall–Kier alpha value is -3.32. The lowest BCUT2D eigenvalue weighted by molar-refractivity contribution is -0.142. The molecule has 0 spiro atoms. The number of carbonyl (C=O) groups is 2. The van der Waals surface area contributed by atoms with Crippen LogP contribution in [0.4, 0.5) is 0 Å². The molecule has 1 aliphatic carbocycles. The first kappa shape index (κ1) is 39.5. The van der Waals surface area contributed by atoms with Crippen molar-refractivity contribution in [3.63, 3.8) is 0 Å². The monoisotopic (exact) mass is 696 g/mol. The average molecular weight is 697 g/mol. The summed E-state index contributed by atoms with van der Waals surface area (Å²) in [6.45, 7) is 14.8. The van der Waals surface area contributed by atoms with Crippen molar-refractivity contribution in [2.45, 2.75) is 59.2 Å². The summed E-state index contributed by atoms with van der Waals surface area (Å²) in [4.78, 5) is 28.1. The highest BCUT2D eigenvalue weighted by Crippen LogP contribution is 2.38. The van der Waals surface area contributed by atoms with E-state index in [4.69, 9.17) is 28.8 Å². The normalized spacial score (nSPS) is 19.3. The van der Waals surface area contributed by atoms with Gasteiger partial charge in [-0.2, -0.15) is 0 Å². The average Bonchev–Trinajstić information content (AvgIpc) is 3.09. The second-order valence-corrected chi connectivity index (χ2v) is 13.3. The lowest BCUT2D eigenvalue weighted by atomic mass is 9.82. The van der Waals surface area contributed by atoms with E-state index in [1.165, 1.54) is 0 Å². The summed E-state index contributed by atoms with van der Waals surface area (Å²) < 4.78 is 29.1. The number of hydrogen-bond acceptors (Lipinski definition) is 9. The van der Waals surface area contributed by atoms with E-state index in [-0.39, 0.29) is 24.2 Å². The van der Waals surface area contributed by atoms with Crippen molar-refractivity contribution in [2.24, 2.45) is 5.92 Å². The molecule has 2 aliphatic rings. The highest BCUT2D eigenvalue weighted by atomic mass is 16.5. The number of piperazine rings is 1. The van der Waals surface area contributed by atoms with E-state index in [2.05, 4.69) is 9.80 Å². The van der Waals surface area contributed by atoms with E-state index < -0.39 is 11.9 Å². The van der Waals surface area contributed by atoms with Crippen LogP contribution in [0, 0.1) is 26.7 Å². The zero-order chi connectivity index (χ0) is 35.7. The zero-order valence-corrected chi connectivity index (χ0v) is 30.1. The molecule has 0 bridgehead atoms. The van der Waals surface area contributed by atoms with Crippen LogP contribution in [0.1, 0.15) is 53.5 Å². The summed E-state index contributed by atoms with van der Waals surface area (Å²) in [7, 11) is 0. The van der Waals surface area contributed by atoms with Gasteiger partial charge in [0.05, 0.1) is 45.7 Å². The number of aryl methyl sites for hydroxylation is 3. The van der Waals surface area contributed by atoms with Crippen molar-refractivity contribution >= 4 is 17.5 Å². The second-order valence-electron chi connectivity index (χ2n) is 13.3. The Morgan fingerprint density at radius 1 is 0.740 bits per heavy atom. The van der Waals surface area contributed by atoms with Gasteiger partial charge in [-0.3, -0.25) is 9.80 Å². The number of carboxylic acid groups (broad SMARTS) is 2. The molecule has 4 rings (SSSR count). The summed E-state index contributed by atoms with van der Waals surface area (Å²) in [5, 5.41) is 19.1. The number of nitrogens with zero attached hydrogens (tertiary/aromatic N) is 2. The number of carboxylic acids is 2. The van der Waals surface area contributed by atoms with E-state index in [1.54, 1.807) is 0 Å². The fourth-order valence-electron chi connectivity index (χ4n) is 6.91. The summed E-state index contributed by atoms with van der Waals surface area (Å²) in [5.74, 6) is -1.35. The molecule has 11 heteroatoms. The molecule has 0 atom stereocenters. The number of ether oxygens (including phenoxy) is 5. The topological polar surface area (TPSA) is 127 Å². The Balaban J connectivity index is 1.17. The molecule has 0 radical (unpaired) electrons. The fourth-order valence-corrected chi connectivity index (χ4v) is 6.91. The van der Waals surface area contributed by atoms with Gasteiger partial charge in [0.25, 0.3) is 0 Å². The Morgan fingerprint density at radius 2 is 1.30 bits per heavy atom. The van der Waals surface area contributed by atoms with Crippen molar-refractivity contribution in [1.82, 2.24) is 9.80 Å². The largest absolute Gasteiger partial charge is 0.492 e. The van der Waals surface area contributed by atoms with Gasteiger partial charge in [-0.1, -0.05) is 48.0 Å². The highest BCUT2D eigenvalue weighted by Gasteiger charge is 2.31. The lowest BCUT2D eigenvalue weighted by Gasteiger charge is -2.34. The van der Waals surface area contributed by atoms with Gasteiger partial charge in [0, 0.05) is 45.2 Å². The summed E-state index contributed by atoms with van der Waals surface area (Å²) in [6.07, 6.45) is 3.41. The van der Waals surface area contributed by atoms with Crippen LogP contribution in [-0.2, 0) is 39.9 Å². The molecule has 2 N–H and O–H groups in total. The van der Waals surface area contributed by atoms with Crippen LogP contribution >= 0.6 is 0 Å². The number of aliphatic carboxylic acids is 2. The molecule has 276 valence electrons. The van der Waals surface area contributed by atoms with Crippen LogP contribution in [0.3, 0.4) is 0 Å². The van der Waals surface area contributed by atoms with Gasteiger partial charge in [-0.05, 0) is 68.7 Å². The van der Waals surface area contributed by atoms with Crippen molar-refractivity contribution in [3.05, 3.63) is 76.0 Å². The zero-order valence-electron chi connectivity index (χ0n) is 30.1. The first-order chi connectivity index (χ1) is 24.2. The molecule has 0 amide bonds. The van der Waals surface area contributed by atoms with Gasteiger partial charge in [-0.25, -0.2) is 9.59 Å². The maximum atomic E-state index is 12.9. The van der Waals surface area contributed by atoms with Gasteiger partial charge in [0.1, 0.15) is 24.5 Å². The quantitative estimate of drug-likeness (QED) is 0.105. The molecule has 2 aromatic rings.